The average molecular weight is 337 g/mol. The van der Waals surface area contributed by atoms with E-state index in [2.05, 4.69) is 23.4 Å². The van der Waals surface area contributed by atoms with Crippen LogP contribution in [-0.4, -0.2) is 28.4 Å². The highest BCUT2D eigenvalue weighted by Crippen LogP contribution is 2.09. The van der Waals surface area contributed by atoms with Crippen LogP contribution < -0.4 is 10.1 Å². The van der Waals surface area contributed by atoms with E-state index >= 15 is 0 Å². The second-order valence-electron chi connectivity index (χ2n) is 6.07. The van der Waals surface area contributed by atoms with Gasteiger partial charge in [0.15, 0.2) is 0 Å². The minimum atomic E-state index is 0.0521. The maximum atomic E-state index is 11.9. The van der Waals surface area contributed by atoms with Crippen LogP contribution >= 0.6 is 0 Å². The third-order valence-corrected chi connectivity index (χ3v) is 3.91. The van der Waals surface area contributed by atoms with Crippen molar-refractivity contribution < 1.29 is 9.53 Å². The van der Waals surface area contributed by atoms with Crippen molar-refractivity contribution >= 4 is 11.6 Å². The Bertz CT molecular complexity index is 827. The van der Waals surface area contributed by atoms with E-state index < -0.39 is 0 Å². The molecule has 0 aliphatic carbocycles. The van der Waals surface area contributed by atoms with E-state index in [0.717, 1.165) is 23.5 Å². The highest BCUT2D eigenvalue weighted by molar-refractivity contribution is 5.75. The Morgan fingerprint density at radius 2 is 2.00 bits per heavy atom. The zero-order chi connectivity index (χ0) is 17.5. The van der Waals surface area contributed by atoms with Gasteiger partial charge in [-0.2, -0.15) is 0 Å². The van der Waals surface area contributed by atoms with Crippen LogP contribution in [0.2, 0.25) is 0 Å². The summed E-state index contributed by atoms with van der Waals surface area (Å²) in [5.41, 5.74) is 3.12. The van der Waals surface area contributed by atoms with Crippen molar-refractivity contribution in [2.45, 2.75) is 26.2 Å². The molecule has 130 valence electrons. The summed E-state index contributed by atoms with van der Waals surface area (Å²) in [6.45, 7) is 3.20. The molecule has 0 saturated heterocycles. The van der Waals surface area contributed by atoms with Gasteiger partial charge in [-0.15, -0.1) is 0 Å². The van der Waals surface area contributed by atoms with Gasteiger partial charge in [0.05, 0.1) is 12.3 Å². The summed E-state index contributed by atoms with van der Waals surface area (Å²) in [4.78, 5) is 16.4. The quantitative estimate of drug-likeness (QED) is 0.642. The first-order valence-corrected chi connectivity index (χ1v) is 8.59. The first-order valence-electron chi connectivity index (χ1n) is 8.59. The number of fused-ring (bicyclic) bond motifs is 1. The molecule has 1 N–H and O–H groups in total. The number of hydrogen-bond acceptors (Lipinski definition) is 3. The number of imidazole rings is 1. The molecule has 1 aromatic carbocycles. The molecule has 0 radical (unpaired) electrons. The first-order chi connectivity index (χ1) is 12.2. The second kappa shape index (κ2) is 8.33. The van der Waals surface area contributed by atoms with Crippen molar-refractivity contribution in [2.24, 2.45) is 0 Å². The molecule has 0 fully saturated rings. The van der Waals surface area contributed by atoms with Crippen LogP contribution in [0.15, 0.2) is 54.9 Å². The number of hydrogen-bond donors (Lipinski definition) is 1. The van der Waals surface area contributed by atoms with Crippen LogP contribution in [-0.2, 0) is 11.2 Å². The van der Waals surface area contributed by atoms with E-state index in [-0.39, 0.29) is 5.91 Å². The lowest BCUT2D eigenvalue weighted by Gasteiger charge is -2.06. The summed E-state index contributed by atoms with van der Waals surface area (Å²) in [7, 11) is 0. The predicted molar refractivity (Wildman–Crippen MR) is 97.8 cm³/mol. The Hall–Kier alpha value is -2.82. The van der Waals surface area contributed by atoms with Gasteiger partial charge in [-0.25, -0.2) is 4.98 Å². The fraction of sp³-hybridized carbons (Fsp3) is 0.300. The van der Waals surface area contributed by atoms with Gasteiger partial charge >= 0.3 is 0 Å². The van der Waals surface area contributed by atoms with E-state index in [4.69, 9.17) is 4.74 Å². The minimum Gasteiger partial charge on any atom is -0.494 e. The summed E-state index contributed by atoms with van der Waals surface area (Å²) in [5.74, 6) is 0.890. The third-order valence-electron chi connectivity index (χ3n) is 3.91. The SMILES string of the molecule is Cc1ccc2nc(CCNC(=O)CCCOc3ccccc3)cn2c1. The van der Waals surface area contributed by atoms with Gasteiger partial charge < -0.3 is 14.5 Å². The van der Waals surface area contributed by atoms with Crippen LogP contribution in [0.5, 0.6) is 5.75 Å². The van der Waals surface area contributed by atoms with Crippen LogP contribution in [0.25, 0.3) is 5.65 Å². The zero-order valence-electron chi connectivity index (χ0n) is 14.4. The monoisotopic (exact) mass is 337 g/mol. The van der Waals surface area contributed by atoms with Gasteiger partial charge in [0.1, 0.15) is 11.4 Å². The lowest BCUT2D eigenvalue weighted by molar-refractivity contribution is -0.121. The molecule has 2 heterocycles. The molecule has 3 rings (SSSR count). The van der Waals surface area contributed by atoms with Crippen molar-refractivity contribution in [3.8, 4) is 5.75 Å². The van der Waals surface area contributed by atoms with E-state index in [1.54, 1.807) is 0 Å². The van der Waals surface area contributed by atoms with Gasteiger partial charge in [0, 0.05) is 31.8 Å². The summed E-state index contributed by atoms with van der Waals surface area (Å²) in [6, 6.07) is 13.7. The van der Waals surface area contributed by atoms with Crippen LogP contribution in [0.3, 0.4) is 0 Å². The van der Waals surface area contributed by atoms with Gasteiger partial charge in [0.25, 0.3) is 0 Å². The number of benzene rings is 1. The Morgan fingerprint density at radius 1 is 1.16 bits per heavy atom. The molecule has 3 aromatic rings. The third kappa shape index (κ3) is 5.08. The maximum absolute atomic E-state index is 11.9. The molecular weight excluding hydrogens is 314 g/mol. The Labute approximate surface area is 147 Å². The number of para-hydroxylation sites is 1. The number of pyridine rings is 1. The standard InChI is InChI=1S/C20H23N3O2/c1-16-9-10-19-22-17(15-23(19)14-16)11-12-21-20(24)8-5-13-25-18-6-3-2-4-7-18/h2-4,6-7,9-10,14-15H,5,8,11-13H2,1H3,(H,21,24). The van der Waals surface area contributed by atoms with Gasteiger partial charge in [0.2, 0.25) is 5.91 Å². The van der Waals surface area contributed by atoms with Crippen molar-refractivity contribution in [3.05, 3.63) is 66.1 Å². The number of carbonyl (C=O) groups excluding carboxylic acids is 1. The number of ether oxygens (including phenoxy) is 1. The van der Waals surface area contributed by atoms with E-state index in [0.29, 0.717) is 26.0 Å². The van der Waals surface area contributed by atoms with Crippen molar-refractivity contribution in [1.82, 2.24) is 14.7 Å². The lowest BCUT2D eigenvalue weighted by atomic mass is 10.3. The number of amides is 1. The van der Waals surface area contributed by atoms with Crippen molar-refractivity contribution in [3.63, 3.8) is 0 Å². The summed E-state index contributed by atoms with van der Waals surface area (Å²) >= 11 is 0. The molecule has 0 atom stereocenters. The molecule has 0 aliphatic rings. The Morgan fingerprint density at radius 3 is 2.84 bits per heavy atom. The van der Waals surface area contributed by atoms with E-state index in [1.807, 2.05) is 53.1 Å². The van der Waals surface area contributed by atoms with Crippen molar-refractivity contribution in [2.75, 3.05) is 13.2 Å². The fourth-order valence-electron chi connectivity index (χ4n) is 2.63. The molecule has 0 aliphatic heterocycles. The largest absolute Gasteiger partial charge is 0.494 e. The van der Waals surface area contributed by atoms with Gasteiger partial charge in [-0.1, -0.05) is 24.3 Å². The molecule has 0 saturated carbocycles. The van der Waals surface area contributed by atoms with Gasteiger partial charge in [-0.3, -0.25) is 4.79 Å². The Balaban J connectivity index is 1.34. The van der Waals surface area contributed by atoms with Crippen molar-refractivity contribution in [1.29, 1.82) is 0 Å². The lowest BCUT2D eigenvalue weighted by Crippen LogP contribution is -2.25. The van der Waals surface area contributed by atoms with Gasteiger partial charge in [-0.05, 0) is 37.1 Å². The number of aromatic nitrogens is 2. The number of nitrogens with one attached hydrogen (secondary N) is 1. The Kier molecular flexibility index (Phi) is 5.67. The first kappa shape index (κ1) is 17.0. The topological polar surface area (TPSA) is 55.6 Å². The molecule has 0 bridgehead atoms. The molecular formula is C20H23N3O2. The summed E-state index contributed by atoms with van der Waals surface area (Å²) in [6.07, 6.45) is 5.97. The molecule has 25 heavy (non-hydrogen) atoms. The van der Waals surface area contributed by atoms with Crippen LogP contribution in [0.4, 0.5) is 0 Å². The fourth-order valence-corrected chi connectivity index (χ4v) is 2.63. The van der Waals surface area contributed by atoms with E-state index in [1.165, 1.54) is 5.56 Å². The second-order valence-corrected chi connectivity index (χ2v) is 6.07. The van der Waals surface area contributed by atoms with E-state index in [9.17, 15) is 4.79 Å². The maximum Gasteiger partial charge on any atom is 0.220 e. The van der Waals surface area contributed by atoms with Crippen LogP contribution in [0.1, 0.15) is 24.1 Å². The molecule has 2 aromatic heterocycles. The smallest absolute Gasteiger partial charge is 0.220 e. The molecule has 5 nitrogen and oxygen atoms in total. The number of nitrogens with zero attached hydrogens (tertiary/aromatic N) is 2. The normalized spacial score (nSPS) is 10.8. The number of aryl methyl sites for hydroxylation is 1. The highest BCUT2D eigenvalue weighted by Gasteiger charge is 2.04. The summed E-state index contributed by atoms with van der Waals surface area (Å²) in [5, 5.41) is 2.94. The number of rotatable bonds is 8. The molecule has 1 amide bonds. The highest BCUT2D eigenvalue weighted by atomic mass is 16.5. The molecule has 0 unspecified atom stereocenters. The summed E-state index contributed by atoms with van der Waals surface area (Å²) < 4.78 is 7.60. The van der Waals surface area contributed by atoms with Crippen LogP contribution in [0, 0.1) is 6.92 Å². The molecule has 0 spiro atoms. The average Bonchev–Trinajstić information content (AvgIpc) is 3.01. The number of carbonyl (C=O) groups is 1. The predicted octanol–water partition coefficient (Wildman–Crippen LogP) is 3.16. The molecule has 5 heteroatoms. The minimum absolute atomic E-state index is 0.0521. The zero-order valence-corrected chi connectivity index (χ0v) is 14.4.